The van der Waals surface area contributed by atoms with Crippen LogP contribution in [0.2, 0.25) is 0 Å². The van der Waals surface area contributed by atoms with Gasteiger partial charge in [0, 0.05) is 21.3 Å². The van der Waals surface area contributed by atoms with E-state index in [0.29, 0.717) is 0 Å². The first-order valence-corrected chi connectivity index (χ1v) is 6.62. The third-order valence-corrected chi connectivity index (χ3v) is 4.26. The summed E-state index contributed by atoms with van der Waals surface area (Å²) in [5.41, 5.74) is 0.734. The molecule has 0 spiro atoms. The summed E-state index contributed by atoms with van der Waals surface area (Å²) in [6.45, 7) is 0. The minimum absolute atomic E-state index is 0.734. The Morgan fingerprint density at radius 1 is 1.06 bits per heavy atom. The topological polar surface area (TPSA) is 60.7 Å². The second-order valence-corrected chi connectivity index (χ2v) is 5.61. The van der Waals surface area contributed by atoms with E-state index in [1.807, 2.05) is 24.3 Å². The summed E-state index contributed by atoms with van der Waals surface area (Å²) in [6, 6.07) is 11.2. The number of hydrogen-bond donors (Lipinski definition) is 0. The van der Waals surface area contributed by atoms with Crippen LogP contribution in [0.15, 0.2) is 30.3 Å². The third-order valence-electron chi connectivity index (χ3n) is 2.23. The highest BCUT2D eigenvalue weighted by molar-refractivity contribution is 6.53. The van der Waals surface area contributed by atoms with E-state index < -0.39 is 15.2 Å². The van der Waals surface area contributed by atoms with Crippen LogP contribution in [0.5, 0.6) is 0 Å². The monoisotopic (exact) mass is 253 g/mol. The standard InChI is InChI=1S/C11H15NO4Si/c1-13-17(14-2,15-3)16-11(9-12)10-7-5-4-6-8-10/h4-8,11H,1-3H3/t11-/m1/s1. The van der Waals surface area contributed by atoms with Crippen molar-refractivity contribution in [2.24, 2.45) is 0 Å². The van der Waals surface area contributed by atoms with Crippen molar-refractivity contribution >= 4 is 9.05 Å². The van der Waals surface area contributed by atoms with Crippen molar-refractivity contribution in [1.82, 2.24) is 0 Å². The normalized spacial score (nSPS) is 13.1. The fraction of sp³-hybridized carbons (Fsp3) is 0.364. The molecule has 0 amide bonds. The van der Waals surface area contributed by atoms with Crippen molar-refractivity contribution in [2.75, 3.05) is 21.3 Å². The molecule has 92 valence electrons. The molecule has 0 heterocycles. The molecular formula is C11H15NO4Si. The number of benzene rings is 1. The largest absolute Gasteiger partial charge is 0.680 e. The minimum Gasteiger partial charge on any atom is -0.355 e. The molecule has 1 rings (SSSR count). The molecule has 1 atom stereocenters. The lowest BCUT2D eigenvalue weighted by Crippen LogP contribution is -2.47. The lowest BCUT2D eigenvalue weighted by atomic mass is 10.1. The van der Waals surface area contributed by atoms with Gasteiger partial charge in [0.1, 0.15) is 0 Å². The van der Waals surface area contributed by atoms with Gasteiger partial charge in [-0.25, -0.2) is 0 Å². The van der Waals surface area contributed by atoms with Crippen LogP contribution in [0.1, 0.15) is 11.7 Å². The highest BCUT2D eigenvalue weighted by Crippen LogP contribution is 2.22. The number of nitriles is 1. The van der Waals surface area contributed by atoms with Crippen LogP contribution in [0.4, 0.5) is 0 Å². The first-order valence-electron chi connectivity index (χ1n) is 4.99. The molecule has 1 aromatic rings. The molecule has 1 aromatic carbocycles. The van der Waals surface area contributed by atoms with Crippen molar-refractivity contribution in [3.8, 4) is 6.07 Å². The molecule has 0 saturated heterocycles. The summed E-state index contributed by atoms with van der Waals surface area (Å²) in [6.07, 6.45) is -0.775. The van der Waals surface area contributed by atoms with Gasteiger partial charge in [-0.1, -0.05) is 30.3 Å². The second-order valence-electron chi connectivity index (χ2n) is 3.15. The Hall–Kier alpha value is -1.23. The van der Waals surface area contributed by atoms with Crippen molar-refractivity contribution < 1.29 is 17.7 Å². The maximum absolute atomic E-state index is 9.11. The summed E-state index contributed by atoms with van der Waals surface area (Å²) >= 11 is 0. The van der Waals surface area contributed by atoms with Crippen LogP contribution in [-0.2, 0) is 17.7 Å². The molecule has 0 aliphatic carbocycles. The molecular weight excluding hydrogens is 238 g/mol. The molecule has 6 heteroatoms. The van der Waals surface area contributed by atoms with Gasteiger partial charge in [0.15, 0.2) is 6.10 Å². The van der Waals surface area contributed by atoms with Crippen molar-refractivity contribution in [1.29, 1.82) is 5.26 Å². The first kappa shape index (κ1) is 13.8. The molecule has 17 heavy (non-hydrogen) atoms. The number of nitrogens with zero attached hydrogens (tertiary/aromatic N) is 1. The zero-order valence-corrected chi connectivity index (χ0v) is 11.0. The molecule has 0 aliphatic heterocycles. The third kappa shape index (κ3) is 3.36. The maximum atomic E-state index is 9.11. The van der Waals surface area contributed by atoms with Crippen LogP contribution in [0.25, 0.3) is 0 Å². The Morgan fingerprint density at radius 2 is 1.59 bits per heavy atom. The van der Waals surface area contributed by atoms with E-state index in [2.05, 4.69) is 0 Å². The summed E-state index contributed by atoms with van der Waals surface area (Å²) < 4.78 is 20.9. The quantitative estimate of drug-likeness (QED) is 0.721. The van der Waals surface area contributed by atoms with Gasteiger partial charge < -0.3 is 17.7 Å². The van der Waals surface area contributed by atoms with Gasteiger partial charge in [-0.2, -0.15) is 5.26 Å². The highest BCUT2D eigenvalue weighted by Gasteiger charge is 2.45. The van der Waals surface area contributed by atoms with Gasteiger partial charge in [-0.15, -0.1) is 0 Å². The number of rotatable bonds is 6. The van der Waals surface area contributed by atoms with Gasteiger partial charge in [0.25, 0.3) is 0 Å². The molecule has 0 N–H and O–H groups in total. The molecule has 0 unspecified atom stereocenters. The smallest absolute Gasteiger partial charge is 0.355 e. The molecule has 0 fully saturated rings. The van der Waals surface area contributed by atoms with Gasteiger partial charge in [0.2, 0.25) is 0 Å². The predicted molar refractivity (Wildman–Crippen MR) is 62.7 cm³/mol. The van der Waals surface area contributed by atoms with E-state index >= 15 is 0 Å². The Balaban J connectivity index is 2.87. The van der Waals surface area contributed by atoms with Crippen molar-refractivity contribution in [3.05, 3.63) is 35.9 Å². The van der Waals surface area contributed by atoms with Gasteiger partial charge >= 0.3 is 9.05 Å². The van der Waals surface area contributed by atoms with E-state index in [4.69, 9.17) is 23.0 Å². The lowest BCUT2D eigenvalue weighted by molar-refractivity contribution is -0.00944. The van der Waals surface area contributed by atoms with Crippen LogP contribution in [-0.4, -0.2) is 30.4 Å². The van der Waals surface area contributed by atoms with E-state index in [9.17, 15) is 0 Å². The Bertz CT molecular complexity index is 367. The maximum Gasteiger partial charge on any atom is 0.680 e. The van der Waals surface area contributed by atoms with Crippen molar-refractivity contribution in [2.45, 2.75) is 6.10 Å². The number of hydrogen-bond acceptors (Lipinski definition) is 5. The van der Waals surface area contributed by atoms with E-state index in [-0.39, 0.29) is 0 Å². The fourth-order valence-electron chi connectivity index (χ4n) is 1.34. The van der Waals surface area contributed by atoms with Crippen LogP contribution in [0, 0.1) is 11.3 Å². The minimum atomic E-state index is -3.21. The molecule has 5 nitrogen and oxygen atoms in total. The summed E-state index contributed by atoms with van der Waals surface area (Å²) in [4.78, 5) is 0. The summed E-state index contributed by atoms with van der Waals surface area (Å²) in [5, 5.41) is 9.11. The Kier molecular flexibility index (Phi) is 5.28. The fourth-order valence-corrected chi connectivity index (χ4v) is 2.60. The van der Waals surface area contributed by atoms with Crippen LogP contribution >= 0.6 is 0 Å². The van der Waals surface area contributed by atoms with Crippen LogP contribution in [0.3, 0.4) is 0 Å². The summed E-state index contributed by atoms with van der Waals surface area (Å²) in [7, 11) is 1.08. The van der Waals surface area contributed by atoms with Crippen molar-refractivity contribution in [3.63, 3.8) is 0 Å². The average Bonchev–Trinajstić information content (AvgIpc) is 2.42. The molecule has 0 radical (unpaired) electrons. The van der Waals surface area contributed by atoms with E-state index in [1.54, 1.807) is 12.1 Å². The average molecular weight is 253 g/mol. The Labute approximate surface area is 102 Å². The molecule has 0 aromatic heterocycles. The van der Waals surface area contributed by atoms with Gasteiger partial charge in [-0.3, -0.25) is 0 Å². The highest BCUT2D eigenvalue weighted by atomic mass is 28.4. The molecule has 0 bridgehead atoms. The van der Waals surface area contributed by atoms with Gasteiger partial charge in [-0.05, 0) is 5.56 Å². The Morgan fingerprint density at radius 3 is 2.00 bits per heavy atom. The second kappa shape index (κ2) is 6.49. The zero-order chi connectivity index (χ0) is 12.7. The zero-order valence-electron chi connectivity index (χ0n) is 10.0. The SMILES string of the molecule is CO[Si](OC)(OC)O[C@H](C#N)c1ccccc1. The lowest BCUT2D eigenvalue weighted by Gasteiger charge is -2.25. The molecule has 0 aliphatic rings. The first-order chi connectivity index (χ1) is 8.21. The van der Waals surface area contributed by atoms with E-state index in [0.717, 1.165) is 5.56 Å². The summed E-state index contributed by atoms with van der Waals surface area (Å²) in [5.74, 6) is 0. The van der Waals surface area contributed by atoms with Crippen LogP contribution < -0.4 is 0 Å². The predicted octanol–water partition coefficient (Wildman–Crippen LogP) is 1.64. The van der Waals surface area contributed by atoms with E-state index in [1.165, 1.54) is 21.3 Å². The van der Waals surface area contributed by atoms with Gasteiger partial charge in [0.05, 0.1) is 6.07 Å². The molecule has 0 saturated carbocycles.